The number of anilines is 1. The summed E-state index contributed by atoms with van der Waals surface area (Å²) in [5.74, 6) is 0.0149. The summed E-state index contributed by atoms with van der Waals surface area (Å²) in [5.41, 5.74) is 0.969. The van der Waals surface area contributed by atoms with Crippen LogP contribution < -0.4 is 9.04 Å². The Morgan fingerprint density at radius 1 is 1.23 bits per heavy atom. The lowest BCUT2D eigenvalue weighted by molar-refractivity contribution is -0.153. The normalized spacial score (nSPS) is 18.1. The lowest BCUT2D eigenvalue weighted by Crippen LogP contribution is -2.44. The predicted octanol–water partition coefficient (Wildman–Crippen LogP) is 3.74. The minimum atomic E-state index is -3.97. The van der Waals surface area contributed by atoms with E-state index in [0.717, 1.165) is 12.8 Å². The molecule has 35 heavy (non-hydrogen) atoms. The van der Waals surface area contributed by atoms with Crippen molar-refractivity contribution >= 4 is 27.5 Å². The minimum absolute atomic E-state index is 0.00480. The zero-order valence-electron chi connectivity index (χ0n) is 20.9. The standard InChI is InChI=1S/C25H33N3O6S/c1-16(29)6-10-20-15-27(35(31,32)23-14-26-28(17(23)2)19-8-9-19)21-12-18(7-11-22(21)33-20)13-24(30)34-25(3,4)5/h7,11-12,14,19-20H,6,8-10,13,15H2,1-5H3/t20-/m0/s1. The summed E-state index contributed by atoms with van der Waals surface area (Å²) >= 11 is 0. The van der Waals surface area contributed by atoms with Gasteiger partial charge in [0.1, 0.15) is 28.1 Å². The van der Waals surface area contributed by atoms with Gasteiger partial charge in [-0.2, -0.15) is 5.10 Å². The van der Waals surface area contributed by atoms with Crippen molar-refractivity contribution in [2.75, 3.05) is 10.8 Å². The van der Waals surface area contributed by atoms with Gasteiger partial charge in [0.2, 0.25) is 0 Å². The molecule has 9 nitrogen and oxygen atoms in total. The van der Waals surface area contributed by atoms with Crippen LogP contribution in [0.15, 0.2) is 29.3 Å². The van der Waals surface area contributed by atoms with E-state index in [4.69, 9.17) is 9.47 Å². The third kappa shape index (κ3) is 5.69. The molecule has 190 valence electrons. The molecule has 1 aromatic heterocycles. The third-order valence-corrected chi connectivity index (χ3v) is 7.89. The molecule has 4 rings (SSSR count). The van der Waals surface area contributed by atoms with Gasteiger partial charge >= 0.3 is 5.97 Å². The molecule has 0 radical (unpaired) electrons. The molecule has 2 aliphatic rings. The molecule has 1 fully saturated rings. The fraction of sp³-hybridized carbons (Fsp3) is 0.560. The van der Waals surface area contributed by atoms with E-state index in [0.29, 0.717) is 35.5 Å². The van der Waals surface area contributed by atoms with Gasteiger partial charge in [-0.15, -0.1) is 0 Å². The fourth-order valence-electron chi connectivity index (χ4n) is 4.22. The highest BCUT2D eigenvalue weighted by molar-refractivity contribution is 7.92. The molecule has 1 saturated carbocycles. The number of rotatable bonds is 8. The van der Waals surface area contributed by atoms with Crippen LogP contribution >= 0.6 is 0 Å². The average Bonchev–Trinajstić information content (AvgIpc) is 3.51. The topological polar surface area (TPSA) is 108 Å². The number of fused-ring (bicyclic) bond motifs is 1. The number of Topliss-reactive ketones (excluding diaryl/α,β-unsaturated/α-hetero) is 1. The van der Waals surface area contributed by atoms with Crippen LogP contribution in [-0.4, -0.2) is 48.2 Å². The molecule has 2 heterocycles. The number of carbonyl (C=O) groups excluding carboxylic acids is 2. The van der Waals surface area contributed by atoms with Crippen LogP contribution in [0.4, 0.5) is 5.69 Å². The van der Waals surface area contributed by atoms with Crippen molar-refractivity contribution in [2.24, 2.45) is 0 Å². The van der Waals surface area contributed by atoms with Gasteiger partial charge in [-0.05, 0) is 71.6 Å². The van der Waals surface area contributed by atoms with Crippen LogP contribution in [0.3, 0.4) is 0 Å². The second-order valence-electron chi connectivity index (χ2n) is 10.4. The summed E-state index contributed by atoms with van der Waals surface area (Å²) in [6, 6.07) is 5.33. The number of ether oxygens (including phenoxy) is 2. The van der Waals surface area contributed by atoms with Crippen LogP contribution in [0.25, 0.3) is 0 Å². The number of ketones is 1. The number of esters is 1. The van der Waals surface area contributed by atoms with Gasteiger partial charge in [0.05, 0.1) is 36.6 Å². The molecule has 1 aliphatic heterocycles. The number of aromatic nitrogens is 2. The minimum Gasteiger partial charge on any atom is -0.486 e. The van der Waals surface area contributed by atoms with Crippen LogP contribution in [0.5, 0.6) is 5.75 Å². The maximum atomic E-state index is 13.9. The van der Waals surface area contributed by atoms with Crippen molar-refractivity contribution in [3.05, 3.63) is 35.7 Å². The Labute approximate surface area is 206 Å². The van der Waals surface area contributed by atoms with E-state index < -0.39 is 27.7 Å². The van der Waals surface area contributed by atoms with E-state index in [9.17, 15) is 18.0 Å². The number of nitrogens with zero attached hydrogens (tertiary/aromatic N) is 3. The Morgan fingerprint density at radius 3 is 2.57 bits per heavy atom. The van der Waals surface area contributed by atoms with E-state index in [1.807, 2.05) is 0 Å². The van der Waals surface area contributed by atoms with Crippen LogP contribution in [0.2, 0.25) is 0 Å². The number of carbonyl (C=O) groups is 2. The van der Waals surface area contributed by atoms with Gasteiger partial charge in [0.25, 0.3) is 10.0 Å². The van der Waals surface area contributed by atoms with E-state index >= 15 is 0 Å². The zero-order chi connectivity index (χ0) is 25.5. The average molecular weight is 504 g/mol. The molecule has 0 unspecified atom stereocenters. The van der Waals surface area contributed by atoms with Gasteiger partial charge in [0.15, 0.2) is 0 Å². The van der Waals surface area contributed by atoms with E-state index in [2.05, 4.69) is 5.10 Å². The zero-order valence-corrected chi connectivity index (χ0v) is 21.7. The van der Waals surface area contributed by atoms with Crippen molar-refractivity contribution in [1.29, 1.82) is 0 Å². The van der Waals surface area contributed by atoms with Crippen LogP contribution in [0.1, 0.15) is 70.7 Å². The molecular formula is C25H33N3O6S. The first-order valence-electron chi connectivity index (χ1n) is 11.9. The molecule has 1 aromatic carbocycles. The number of benzene rings is 1. The Hall–Kier alpha value is -2.88. The second-order valence-corrected chi connectivity index (χ2v) is 12.2. The first kappa shape index (κ1) is 25.2. The van der Waals surface area contributed by atoms with E-state index in [-0.39, 0.29) is 29.7 Å². The fourth-order valence-corrected chi connectivity index (χ4v) is 5.87. The molecule has 0 spiro atoms. The molecule has 0 bridgehead atoms. The smallest absolute Gasteiger partial charge is 0.310 e. The Kier molecular flexibility index (Phi) is 6.70. The summed E-state index contributed by atoms with van der Waals surface area (Å²) in [7, 11) is -3.97. The van der Waals surface area contributed by atoms with Crippen molar-refractivity contribution < 1.29 is 27.5 Å². The monoisotopic (exact) mass is 503 g/mol. The molecule has 1 aliphatic carbocycles. The summed E-state index contributed by atoms with van der Waals surface area (Å²) < 4.78 is 42.4. The second kappa shape index (κ2) is 9.29. The quantitative estimate of drug-likeness (QED) is 0.505. The first-order chi connectivity index (χ1) is 16.3. The van der Waals surface area contributed by atoms with Gasteiger partial charge in [0, 0.05) is 6.42 Å². The predicted molar refractivity (Wildman–Crippen MR) is 130 cm³/mol. The molecular weight excluding hydrogens is 470 g/mol. The molecule has 0 N–H and O–H groups in total. The van der Waals surface area contributed by atoms with Gasteiger partial charge in [-0.3, -0.25) is 13.8 Å². The maximum Gasteiger partial charge on any atom is 0.310 e. The highest BCUT2D eigenvalue weighted by Crippen LogP contribution is 2.41. The summed E-state index contributed by atoms with van der Waals surface area (Å²) in [6.45, 7) is 8.73. The highest BCUT2D eigenvalue weighted by atomic mass is 32.2. The summed E-state index contributed by atoms with van der Waals surface area (Å²) in [4.78, 5) is 24.1. The summed E-state index contributed by atoms with van der Waals surface area (Å²) in [5, 5.41) is 4.34. The molecule has 2 aromatic rings. The molecule has 0 saturated heterocycles. The molecule has 1 atom stereocenters. The van der Waals surface area contributed by atoms with Crippen molar-refractivity contribution in [2.45, 2.75) is 89.4 Å². The number of sulfonamides is 1. The van der Waals surface area contributed by atoms with Gasteiger partial charge in [-0.1, -0.05) is 6.07 Å². The van der Waals surface area contributed by atoms with E-state index in [1.54, 1.807) is 50.6 Å². The number of hydrogen-bond donors (Lipinski definition) is 0. The van der Waals surface area contributed by atoms with Crippen molar-refractivity contribution in [3.63, 3.8) is 0 Å². The third-order valence-electron chi connectivity index (χ3n) is 6.00. The lowest BCUT2D eigenvalue weighted by Gasteiger charge is -2.35. The van der Waals surface area contributed by atoms with Crippen LogP contribution in [-0.2, 0) is 30.8 Å². The number of hydrogen-bond acceptors (Lipinski definition) is 7. The van der Waals surface area contributed by atoms with Crippen molar-refractivity contribution in [3.8, 4) is 5.75 Å². The highest BCUT2D eigenvalue weighted by Gasteiger charge is 2.38. The van der Waals surface area contributed by atoms with Crippen molar-refractivity contribution in [1.82, 2.24) is 9.78 Å². The molecule has 10 heteroatoms. The Bertz CT molecular complexity index is 1240. The van der Waals surface area contributed by atoms with Crippen LogP contribution in [0, 0.1) is 6.92 Å². The van der Waals surface area contributed by atoms with E-state index in [1.165, 1.54) is 17.4 Å². The summed E-state index contributed by atoms with van der Waals surface area (Å²) in [6.07, 6.45) is 3.62. The molecule has 0 amide bonds. The Balaban J connectivity index is 1.69. The van der Waals surface area contributed by atoms with Gasteiger partial charge < -0.3 is 14.3 Å². The lowest BCUT2D eigenvalue weighted by atomic mass is 10.1. The SMILES string of the molecule is CC(=O)CC[C@H]1CN(S(=O)(=O)c2cnn(C3CC3)c2C)c2cc(CC(=O)OC(C)(C)C)ccc2O1. The first-order valence-corrected chi connectivity index (χ1v) is 13.4. The van der Waals surface area contributed by atoms with Gasteiger partial charge in [-0.25, -0.2) is 8.42 Å². The Morgan fingerprint density at radius 2 is 1.94 bits per heavy atom. The largest absolute Gasteiger partial charge is 0.486 e. The maximum absolute atomic E-state index is 13.9.